The van der Waals surface area contributed by atoms with Gasteiger partial charge in [0.2, 0.25) is 5.91 Å². The highest BCUT2D eigenvalue weighted by atomic mass is 16.5. The number of ether oxygens (including phenoxy) is 1. The Morgan fingerprint density at radius 1 is 1.09 bits per heavy atom. The second kappa shape index (κ2) is 16.9. The van der Waals surface area contributed by atoms with E-state index < -0.39 is 30.3 Å². The Morgan fingerprint density at radius 3 is 2.66 bits per heavy atom. The molecule has 1 aliphatic carbocycles. The molecule has 8 nitrogen and oxygen atoms in total. The molecule has 2 aromatic carbocycles. The number of aromatic nitrogens is 1. The number of para-hydroxylation sites is 1. The van der Waals surface area contributed by atoms with E-state index in [9.17, 15) is 19.8 Å². The zero-order valence-corrected chi connectivity index (χ0v) is 25.6. The minimum absolute atomic E-state index is 0.0573. The van der Waals surface area contributed by atoms with Crippen molar-refractivity contribution in [1.82, 2.24) is 10.3 Å². The molecule has 0 bridgehead atoms. The summed E-state index contributed by atoms with van der Waals surface area (Å²) in [6.45, 7) is 2.54. The molecule has 1 heterocycles. The Kier molecular flexibility index (Phi) is 12.8. The third kappa shape index (κ3) is 9.64. The average Bonchev–Trinajstić information content (AvgIpc) is 3.55. The van der Waals surface area contributed by atoms with E-state index in [4.69, 9.17) is 10.5 Å². The van der Waals surface area contributed by atoms with Crippen LogP contribution in [0.2, 0.25) is 0 Å². The van der Waals surface area contributed by atoms with Gasteiger partial charge in [0.15, 0.2) is 0 Å². The van der Waals surface area contributed by atoms with Crippen LogP contribution in [0.1, 0.15) is 56.6 Å². The molecule has 236 valence electrons. The van der Waals surface area contributed by atoms with Crippen LogP contribution in [0.15, 0.2) is 85.1 Å². The molecule has 8 heteroatoms. The molecule has 4 rings (SSSR count). The van der Waals surface area contributed by atoms with E-state index in [0.717, 1.165) is 34.9 Å². The number of amides is 1. The van der Waals surface area contributed by atoms with Gasteiger partial charge in [-0.25, -0.2) is 0 Å². The number of rotatable bonds is 16. The molecule has 1 unspecified atom stereocenters. The fourth-order valence-electron chi connectivity index (χ4n) is 6.00. The molecule has 3 aromatic rings. The minimum atomic E-state index is -0.827. The maximum absolute atomic E-state index is 13.2. The van der Waals surface area contributed by atoms with Gasteiger partial charge in [0, 0.05) is 48.8 Å². The fraction of sp³-hybridized carbons (Fsp3) is 0.444. The van der Waals surface area contributed by atoms with Crippen molar-refractivity contribution in [2.75, 3.05) is 6.54 Å². The molecule has 44 heavy (non-hydrogen) atoms. The second-order valence-electron chi connectivity index (χ2n) is 11.7. The first-order chi connectivity index (χ1) is 21.4. The number of unbranched alkanes of at least 4 members (excludes halogenated alkanes) is 1. The van der Waals surface area contributed by atoms with Gasteiger partial charge in [-0.3, -0.25) is 9.59 Å². The van der Waals surface area contributed by atoms with Gasteiger partial charge in [0.05, 0.1) is 12.2 Å². The number of nitrogens with one attached hydrogen (secondary N) is 2. The molecule has 1 fully saturated rings. The standard InChI is InChI=1S/C36H47N3O5/c1-2-38-35(42)17-9-4-3-8-15-29-30(34(41)23-33(29)40)21-20-27(19-18-25-12-6-5-7-13-25)44-36(43)31(37)22-26-24-39-32-16-11-10-14-28(26)32/h3,5-8,10-14,16,20-21,24,27,29-31,33-34,39-41H,2,4,9,15,17-19,22-23,37H2,1H3,(H,38,42)/b8-3-,21-20+/t27-,29+,30+,31?,33-,34+/m0/s1. The van der Waals surface area contributed by atoms with Crippen molar-refractivity contribution >= 4 is 22.8 Å². The summed E-state index contributed by atoms with van der Waals surface area (Å²) in [6, 6.07) is 17.1. The van der Waals surface area contributed by atoms with Crippen LogP contribution in [0.25, 0.3) is 10.9 Å². The minimum Gasteiger partial charge on any atom is -0.457 e. The smallest absolute Gasteiger partial charge is 0.323 e. The van der Waals surface area contributed by atoms with Crippen molar-refractivity contribution in [2.45, 2.75) is 82.6 Å². The Balaban J connectivity index is 1.39. The first-order valence-electron chi connectivity index (χ1n) is 15.9. The lowest BCUT2D eigenvalue weighted by Gasteiger charge is -2.21. The second-order valence-corrected chi connectivity index (χ2v) is 11.7. The normalized spacial score (nSPS) is 21.6. The number of aromatic amines is 1. The van der Waals surface area contributed by atoms with Crippen molar-refractivity contribution in [1.29, 1.82) is 0 Å². The van der Waals surface area contributed by atoms with Gasteiger partial charge >= 0.3 is 5.97 Å². The number of carbonyl (C=O) groups excluding carboxylic acids is 2. The molecular weight excluding hydrogens is 554 g/mol. The largest absolute Gasteiger partial charge is 0.457 e. The number of hydrogen-bond acceptors (Lipinski definition) is 6. The van der Waals surface area contributed by atoms with Crippen molar-refractivity contribution in [3.8, 4) is 0 Å². The van der Waals surface area contributed by atoms with E-state index in [1.165, 1.54) is 0 Å². The van der Waals surface area contributed by atoms with Gasteiger partial charge in [-0.15, -0.1) is 0 Å². The molecule has 0 radical (unpaired) electrons. The van der Waals surface area contributed by atoms with Crippen molar-refractivity contribution in [3.05, 3.63) is 96.2 Å². The quantitative estimate of drug-likeness (QED) is 0.0913. The highest BCUT2D eigenvalue weighted by Gasteiger charge is 2.39. The molecule has 6 atom stereocenters. The molecular formula is C36H47N3O5. The molecule has 1 aromatic heterocycles. The monoisotopic (exact) mass is 601 g/mol. The lowest BCUT2D eigenvalue weighted by molar-refractivity contribution is -0.148. The van der Waals surface area contributed by atoms with E-state index in [0.29, 0.717) is 45.1 Å². The number of hydrogen-bond donors (Lipinski definition) is 5. The molecule has 1 saturated carbocycles. The SMILES string of the molecule is CCNC(=O)CCC/C=C\C[C@@H]1[C@@H](/C=C/[C@H](CCc2ccccc2)OC(=O)C(N)Cc2c[nH]c3ccccc23)[C@H](O)C[C@@H]1O. The van der Waals surface area contributed by atoms with Crippen LogP contribution in [-0.4, -0.2) is 58.0 Å². The van der Waals surface area contributed by atoms with E-state index in [1.54, 1.807) is 0 Å². The van der Waals surface area contributed by atoms with Crippen LogP contribution >= 0.6 is 0 Å². The highest BCUT2D eigenvalue weighted by Crippen LogP contribution is 2.36. The number of aliphatic hydroxyl groups excluding tert-OH is 2. The first kappa shape index (κ1) is 33.2. The van der Waals surface area contributed by atoms with E-state index in [2.05, 4.69) is 10.3 Å². The Labute approximate surface area is 260 Å². The van der Waals surface area contributed by atoms with Crippen LogP contribution in [0, 0.1) is 11.8 Å². The molecule has 0 spiro atoms. The summed E-state index contributed by atoms with van der Waals surface area (Å²) in [6.07, 6.45) is 12.4. The summed E-state index contributed by atoms with van der Waals surface area (Å²) >= 11 is 0. The Hall–Kier alpha value is -3.72. The maximum atomic E-state index is 13.2. The number of benzene rings is 2. The summed E-state index contributed by atoms with van der Waals surface area (Å²) in [5.74, 6) is -0.850. The van der Waals surface area contributed by atoms with Gasteiger partial charge in [0.1, 0.15) is 12.1 Å². The molecule has 1 amide bonds. The number of carbonyl (C=O) groups is 2. The number of esters is 1. The summed E-state index contributed by atoms with van der Waals surface area (Å²) in [4.78, 5) is 28.1. The number of allylic oxidation sites excluding steroid dienone is 2. The highest BCUT2D eigenvalue weighted by molar-refractivity contribution is 5.84. The third-order valence-corrected chi connectivity index (χ3v) is 8.43. The molecule has 0 aliphatic heterocycles. The zero-order chi connectivity index (χ0) is 31.3. The Bertz CT molecular complexity index is 1380. The van der Waals surface area contributed by atoms with Gasteiger partial charge in [-0.2, -0.15) is 0 Å². The van der Waals surface area contributed by atoms with E-state index >= 15 is 0 Å². The number of fused-ring (bicyclic) bond motifs is 1. The van der Waals surface area contributed by atoms with Crippen molar-refractivity contribution in [2.24, 2.45) is 17.6 Å². The number of aryl methyl sites for hydroxylation is 1. The summed E-state index contributed by atoms with van der Waals surface area (Å²) in [5, 5.41) is 25.3. The van der Waals surface area contributed by atoms with Gasteiger partial charge in [0.25, 0.3) is 0 Å². The first-order valence-corrected chi connectivity index (χ1v) is 15.9. The van der Waals surface area contributed by atoms with Crippen LogP contribution in [-0.2, 0) is 27.2 Å². The zero-order valence-electron chi connectivity index (χ0n) is 25.6. The predicted octanol–water partition coefficient (Wildman–Crippen LogP) is 4.75. The van der Waals surface area contributed by atoms with Gasteiger partial charge < -0.3 is 31.0 Å². The van der Waals surface area contributed by atoms with Crippen LogP contribution < -0.4 is 11.1 Å². The van der Waals surface area contributed by atoms with E-state index in [-0.39, 0.29) is 17.7 Å². The maximum Gasteiger partial charge on any atom is 0.323 e. The fourth-order valence-corrected chi connectivity index (χ4v) is 6.00. The topological polar surface area (TPSA) is 138 Å². The summed E-state index contributed by atoms with van der Waals surface area (Å²) in [7, 11) is 0. The lowest BCUT2D eigenvalue weighted by atomic mass is 9.89. The molecule has 0 saturated heterocycles. The van der Waals surface area contributed by atoms with Crippen molar-refractivity contribution in [3.63, 3.8) is 0 Å². The van der Waals surface area contributed by atoms with Gasteiger partial charge in [-0.05, 0) is 68.2 Å². The van der Waals surface area contributed by atoms with Crippen LogP contribution in [0.3, 0.4) is 0 Å². The van der Waals surface area contributed by atoms with Crippen LogP contribution in [0.4, 0.5) is 0 Å². The third-order valence-electron chi connectivity index (χ3n) is 8.43. The predicted molar refractivity (Wildman–Crippen MR) is 174 cm³/mol. The number of H-pyrrole nitrogens is 1. The summed E-state index contributed by atoms with van der Waals surface area (Å²) < 4.78 is 5.96. The Morgan fingerprint density at radius 2 is 1.86 bits per heavy atom. The average molecular weight is 602 g/mol. The number of aliphatic hydroxyl groups is 2. The van der Waals surface area contributed by atoms with E-state index in [1.807, 2.05) is 92.0 Å². The number of nitrogens with two attached hydrogens (primary N) is 1. The lowest BCUT2D eigenvalue weighted by Crippen LogP contribution is -2.36. The molecule has 6 N–H and O–H groups in total. The van der Waals surface area contributed by atoms with Crippen LogP contribution in [0.5, 0.6) is 0 Å². The van der Waals surface area contributed by atoms with Crippen molar-refractivity contribution < 1.29 is 24.5 Å². The summed E-state index contributed by atoms with van der Waals surface area (Å²) in [5.41, 5.74) is 9.43. The molecule has 1 aliphatic rings. The van der Waals surface area contributed by atoms with Gasteiger partial charge in [-0.1, -0.05) is 66.8 Å².